The predicted molar refractivity (Wildman–Crippen MR) is 59.4 cm³/mol. The lowest BCUT2D eigenvalue weighted by Crippen LogP contribution is -1.99. The Morgan fingerprint density at radius 1 is 1.42 bits per heavy atom. The normalized spacial score (nSPS) is 10.8. The van der Waals surface area contributed by atoms with E-state index in [1.54, 1.807) is 13.0 Å². The fourth-order valence-corrected chi connectivity index (χ4v) is 2.02. The molecule has 0 bridgehead atoms. The standard InChI is InChI=1S/C7H5F2I2N/c1-3-2-4(10)5(11)6(12-3)7(8)9/h2,7H,1H3. The molecule has 0 aromatic carbocycles. The summed E-state index contributed by atoms with van der Waals surface area (Å²) in [5.74, 6) is 0. The summed E-state index contributed by atoms with van der Waals surface area (Å²) in [6.07, 6.45) is -2.48. The second-order valence-corrected chi connectivity index (χ2v) is 4.49. The summed E-state index contributed by atoms with van der Waals surface area (Å²) in [6, 6.07) is 1.79. The van der Waals surface area contributed by atoms with Crippen LogP contribution in [0.25, 0.3) is 0 Å². The van der Waals surface area contributed by atoms with Gasteiger partial charge in [-0.05, 0) is 58.2 Å². The minimum atomic E-state index is -2.48. The van der Waals surface area contributed by atoms with Crippen LogP contribution in [0.3, 0.4) is 0 Å². The molecule has 1 nitrogen and oxygen atoms in total. The molecule has 5 heteroatoms. The van der Waals surface area contributed by atoms with Crippen LogP contribution in [0, 0.1) is 14.1 Å². The summed E-state index contributed by atoms with van der Waals surface area (Å²) in [5, 5.41) is 0. The number of halogens is 4. The Bertz CT molecular complexity index is 302. The van der Waals surface area contributed by atoms with E-state index in [1.807, 2.05) is 45.2 Å². The molecule has 1 aromatic rings. The van der Waals surface area contributed by atoms with E-state index in [0.29, 0.717) is 9.26 Å². The lowest BCUT2D eigenvalue weighted by atomic mass is 10.3. The molecule has 1 aromatic heterocycles. The summed E-state index contributed by atoms with van der Waals surface area (Å²) in [6.45, 7) is 1.71. The van der Waals surface area contributed by atoms with Crippen LogP contribution in [-0.2, 0) is 0 Å². The van der Waals surface area contributed by atoms with Crippen LogP contribution in [0.15, 0.2) is 6.07 Å². The van der Waals surface area contributed by atoms with Crippen LogP contribution in [0.2, 0.25) is 0 Å². The first-order valence-corrected chi connectivity index (χ1v) is 5.29. The second kappa shape index (κ2) is 4.12. The van der Waals surface area contributed by atoms with Gasteiger partial charge >= 0.3 is 0 Å². The number of alkyl halides is 2. The highest BCUT2D eigenvalue weighted by molar-refractivity contribution is 14.1. The van der Waals surface area contributed by atoms with Crippen molar-refractivity contribution in [1.29, 1.82) is 0 Å². The molecule has 66 valence electrons. The molecule has 0 amide bonds. The van der Waals surface area contributed by atoms with Gasteiger partial charge in [0.25, 0.3) is 6.43 Å². The van der Waals surface area contributed by atoms with Crippen molar-refractivity contribution >= 4 is 45.2 Å². The third-order valence-corrected chi connectivity index (χ3v) is 4.29. The lowest BCUT2D eigenvalue weighted by Gasteiger charge is -2.05. The SMILES string of the molecule is Cc1cc(I)c(I)c(C(F)F)n1. The predicted octanol–water partition coefficient (Wildman–Crippen LogP) is 3.54. The number of pyridine rings is 1. The molecule has 0 unspecified atom stereocenters. The maximum atomic E-state index is 12.3. The largest absolute Gasteiger partial charge is 0.281 e. The molecule has 0 saturated carbocycles. The highest BCUT2D eigenvalue weighted by Crippen LogP contribution is 2.26. The van der Waals surface area contributed by atoms with Crippen LogP contribution in [-0.4, -0.2) is 4.98 Å². The molecule has 0 aliphatic heterocycles. The zero-order valence-electron chi connectivity index (χ0n) is 6.11. The van der Waals surface area contributed by atoms with Gasteiger partial charge in [-0.2, -0.15) is 0 Å². The van der Waals surface area contributed by atoms with Gasteiger partial charge in [0.1, 0.15) is 5.69 Å². The van der Waals surface area contributed by atoms with E-state index in [0.717, 1.165) is 3.57 Å². The summed E-state index contributed by atoms with van der Waals surface area (Å²) in [5.41, 5.74) is 0.523. The maximum absolute atomic E-state index is 12.3. The maximum Gasteiger partial charge on any atom is 0.281 e. The number of rotatable bonds is 1. The van der Waals surface area contributed by atoms with Crippen LogP contribution < -0.4 is 0 Å². The third kappa shape index (κ3) is 2.24. The number of aromatic nitrogens is 1. The van der Waals surface area contributed by atoms with Gasteiger partial charge in [-0.15, -0.1) is 0 Å². The molecule has 0 N–H and O–H groups in total. The molecule has 0 atom stereocenters. The van der Waals surface area contributed by atoms with Crippen molar-refractivity contribution in [2.45, 2.75) is 13.3 Å². The van der Waals surface area contributed by atoms with Crippen molar-refractivity contribution in [2.75, 3.05) is 0 Å². The molecular weight excluding hydrogens is 390 g/mol. The first-order valence-electron chi connectivity index (χ1n) is 3.13. The molecule has 1 rings (SSSR count). The van der Waals surface area contributed by atoms with E-state index >= 15 is 0 Å². The van der Waals surface area contributed by atoms with Crippen LogP contribution in [0.1, 0.15) is 17.8 Å². The number of hydrogen-bond acceptors (Lipinski definition) is 1. The van der Waals surface area contributed by atoms with Crippen molar-refractivity contribution in [3.8, 4) is 0 Å². The van der Waals surface area contributed by atoms with E-state index in [4.69, 9.17) is 0 Å². The molecule has 0 saturated heterocycles. The summed E-state index contributed by atoms with van der Waals surface area (Å²) in [7, 11) is 0. The first-order chi connectivity index (χ1) is 5.52. The molecule has 0 radical (unpaired) electrons. The average molecular weight is 395 g/mol. The highest BCUT2D eigenvalue weighted by Gasteiger charge is 2.15. The highest BCUT2D eigenvalue weighted by atomic mass is 127. The quantitative estimate of drug-likeness (QED) is 0.664. The Kier molecular flexibility index (Phi) is 3.62. The van der Waals surface area contributed by atoms with Gasteiger partial charge in [-0.3, -0.25) is 4.98 Å². The third-order valence-electron chi connectivity index (χ3n) is 1.27. The van der Waals surface area contributed by atoms with Crippen LogP contribution in [0.5, 0.6) is 0 Å². The Labute approximate surface area is 96.2 Å². The Morgan fingerprint density at radius 3 is 2.50 bits per heavy atom. The Hall–Kier alpha value is 0.470. The van der Waals surface area contributed by atoms with E-state index in [1.165, 1.54) is 0 Å². The van der Waals surface area contributed by atoms with Crippen molar-refractivity contribution in [1.82, 2.24) is 4.98 Å². The van der Waals surface area contributed by atoms with E-state index in [-0.39, 0.29) is 5.69 Å². The number of hydrogen-bond donors (Lipinski definition) is 0. The van der Waals surface area contributed by atoms with Crippen molar-refractivity contribution in [3.05, 3.63) is 24.6 Å². The van der Waals surface area contributed by atoms with Crippen molar-refractivity contribution in [2.24, 2.45) is 0 Å². The zero-order valence-corrected chi connectivity index (χ0v) is 10.4. The van der Waals surface area contributed by atoms with Crippen LogP contribution >= 0.6 is 45.2 Å². The fourth-order valence-electron chi connectivity index (χ4n) is 0.785. The van der Waals surface area contributed by atoms with E-state index < -0.39 is 6.43 Å². The molecule has 0 aliphatic carbocycles. The number of nitrogens with zero attached hydrogens (tertiary/aromatic N) is 1. The van der Waals surface area contributed by atoms with Gasteiger partial charge in [0, 0.05) is 9.26 Å². The molecule has 0 aliphatic rings. The first kappa shape index (κ1) is 10.6. The zero-order chi connectivity index (χ0) is 9.30. The van der Waals surface area contributed by atoms with Gasteiger partial charge in [-0.1, -0.05) is 0 Å². The summed E-state index contributed by atoms with van der Waals surface area (Å²) >= 11 is 3.91. The van der Waals surface area contributed by atoms with Crippen molar-refractivity contribution < 1.29 is 8.78 Å². The van der Waals surface area contributed by atoms with Crippen LogP contribution in [0.4, 0.5) is 8.78 Å². The molecule has 12 heavy (non-hydrogen) atoms. The molecule has 0 spiro atoms. The summed E-state index contributed by atoms with van der Waals surface area (Å²) in [4.78, 5) is 3.77. The van der Waals surface area contributed by atoms with E-state index in [2.05, 4.69) is 4.98 Å². The van der Waals surface area contributed by atoms with Gasteiger partial charge in [-0.25, -0.2) is 8.78 Å². The summed E-state index contributed by atoms with van der Waals surface area (Å²) < 4.78 is 26.0. The number of aryl methyl sites for hydroxylation is 1. The average Bonchev–Trinajstić information content (AvgIpc) is 1.96. The fraction of sp³-hybridized carbons (Fsp3) is 0.286. The Balaban J connectivity index is 3.28. The molecular formula is C7H5F2I2N. The molecule has 1 heterocycles. The van der Waals surface area contributed by atoms with Gasteiger partial charge < -0.3 is 0 Å². The van der Waals surface area contributed by atoms with Gasteiger partial charge in [0.2, 0.25) is 0 Å². The van der Waals surface area contributed by atoms with E-state index in [9.17, 15) is 8.78 Å². The Morgan fingerprint density at radius 2 is 2.00 bits per heavy atom. The topological polar surface area (TPSA) is 12.9 Å². The molecule has 0 fully saturated rings. The minimum Gasteiger partial charge on any atom is -0.251 e. The smallest absolute Gasteiger partial charge is 0.251 e. The van der Waals surface area contributed by atoms with Crippen molar-refractivity contribution in [3.63, 3.8) is 0 Å². The van der Waals surface area contributed by atoms with Gasteiger partial charge in [0.05, 0.1) is 3.57 Å². The monoisotopic (exact) mass is 395 g/mol. The minimum absolute atomic E-state index is 0.111. The lowest BCUT2D eigenvalue weighted by molar-refractivity contribution is 0.144. The second-order valence-electron chi connectivity index (χ2n) is 2.25. The van der Waals surface area contributed by atoms with Gasteiger partial charge in [0.15, 0.2) is 0 Å².